The highest BCUT2D eigenvalue weighted by molar-refractivity contribution is 7.89. The second kappa shape index (κ2) is 10.3. The van der Waals surface area contributed by atoms with Crippen LogP contribution < -0.4 is 10.6 Å². The van der Waals surface area contributed by atoms with Gasteiger partial charge < -0.3 is 14.5 Å². The molecule has 0 unspecified atom stereocenters. The van der Waals surface area contributed by atoms with Crippen molar-refractivity contribution in [2.75, 3.05) is 38.2 Å². The first-order chi connectivity index (χ1) is 15.9. The van der Waals surface area contributed by atoms with Crippen molar-refractivity contribution < 1.29 is 22.4 Å². The summed E-state index contributed by atoms with van der Waals surface area (Å²) in [6.45, 7) is 3.21. The van der Waals surface area contributed by atoms with Crippen molar-refractivity contribution >= 4 is 21.6 Å². The van der Waals surface area contributed by atoms with Crippen LogP contribution in [0, 0.1) is 6.92 Å². The molecule has 1 aliphatic heterocycles. The second-order valence-electron chi connectivity index (χ2n) is 7.78. The molecule has 1 fully saturated rings. The van der Waals surface area contributed by atoms with Gasteiger partial charge in [0.05, 0.1) is 37.0 Å². The predicted octanol–water partition coefficient (Wildman–Crippen LogP) is 2.93. The van der Waals surface area contributed by atoms with Gasteiger partial charge in [-0.1, -0.05) is 36.4 Å². The Labute approximate surface area is 193 Å². The Kier molecular flexibility index (Phi) is 7.24. The lowest BCUT2D eigenvalue weighted by Gasteiger charge is -2.26. The number of carbonyl (C=O) groups is 1. The normalized spacial score (nSPS) is 15.8. The Morgan fingerprint density at radius 2 is 1.82 bits per heavy atom. The predicted molar refractivity (Wildman–Crippen MR) is 124 cm³/mol. The lowest BCUT2D eigenvalue weighted by atomic mass is 10.0. The van der Waals surface area contributed by atoms with Crippen LogP contribution in [0.25, 0.3) is 0 Å². The van der Waals surface area contributed by atoms with Crippen molar-refractivity contribution in [3.63, 3.8) is 0 Å². The summed E-state index contributed by atoms with van der Waals surface area (Å²) in [6, 6.07) is 17.8. The number of nitrogens with one attached hydrogen (secondary N) is 2. The molecule has 33 heavy (non-hydrogen) atoms. The smallest absolute Gasteiger partial charge is 0.243 e. The summed E-state index contributed by atoms with van der Waals surface area (Å²) in [6.07, 6.45) is 1.59. The maximum atomic E-state index is 13.0. The molecule has 1 atom stereocenters. The molecule has 1 aromatic heterocycles. The minimum absolute atomic E-state index is 0.0140. The first kappa shape index (κ1) is 23.2. The zero-order chi connectivity index (χ0) is 23.3. The molecule has 0 aliphatic carbocycles. The summed E-state index contributed by atoms with van der Waals surface area (Å²) in [4.78, 5) is 12.9. The molecule has 174 valence electrons. The van der Waals surface area contributed by atoms with Gasteiger partial charge in [-0.2, -0.15) is 4.31 Å². The van der Waals surface area contributed by atoms with Crippen LogP contribution in [0.2, 0.25) is 0 Å². The number of hydrogen-bond acceptors (Lipinski definition) is 6. The number of nitrogens with zero attached hydrogens (tertiary/aromatic N) is 1. The van der Waals surface area contributed by atoms with Gasteiger partial charge in [0, 0.05) is 18.8 Å². The summed E-state index contributed by atoms with van der Waals surface area (Å²) in [5.41, 5.74) is 2.20. The highest BCUT2D eigenvalue weighted by Crippen LogP contribution is 2.24. The summed E-state index contributed by atoms with van der Waals surface area (Å²) in [5, 5.41) is 6.07. The fraction of sp³-hybridized carbons (Fsp3) is 0.292. The van der Waals surface area contributed by atoms with Gasteiger partial charge in [0.25, 0.3) is 0 Å². The van der Waals surface area contributed by atoms with Crippen LogP contribution in [0.5, 0.6) is 0 Å². The van der Waals surface area contributed by atoms with Gasteiger partial charge in [-0.15, -0.1) is 0 Å². The van der Waals surface area contributed by atoms with Crippen molar-refractivity contribution in [2.45, 2.75) is 17.9 Å². The lowest BCUT2D eigenvalue weighted by Crippen LogP contribution is -2.40. The van der Waals surface area contributed by atoms with Crippen LogP contribution >= 0.6 is 0 Å². The monoisotopic (exact) mass is 469 g/mol. The van der Waals surface area contributed by atoms with E-state index in [1.807, 2.05) is 43.3 Å². The van der Waals surface area contributed by atoms with Crippen LogP contribution in [0.3, 0.4) is 0 Å². The number of sulfonamides is 1. The molecule has 2 N–H and O–H groups in total. The zero-order valence-electron chi connectivity index (χ0n) is 18.4. The fourth-order valence-electron chi connectivity index (χ4n) is 3.71. The molecule has 3 aromatic rings. The van der Waals surface area contributed by atoms with E-state index in [-0.39, 0.29) is 23.4 Å². The van der Waals surface area contributed by atoms with Gasteiger partial charge in [-0.05, 0) is 42.3 Å². The number of morpholine rings is 1. The number of anilines is 1. The molecule has 0 bridgehead atoms. The van der Waals surface area contributed by atoms with E-state index >= 15 is 0 Å². The van der Waals surface area contributed by atoms with Crippen LogP contribution in [0.1, 0.15) is 22.9 Å². The number of amides is 1. The molecule has 1 aliphatic rings. The Hall–Kier alpha value is -2.98. The molecule has 0 saturated carbocycles. The number of benzene rings is 2. The maximum absolute atomic E-state index is 13.0. The molecule has 8 nitrogen and oxygen atoms in total. The van der Waals surface area contributed by atoms with Crippen molar-refractivity contribution in [3.05, 3.63) is 83.8 Å². The third-order valence-corrected chi connectivity index (χ3v) is 7.41. The van der Waals surface area contributed by atoms with E-state index in [1.54, 1.807) is 24.5 Å². The molecule has 9 heteroatoms. The minimum atomic E-state index is -3.65. The Bertz CT molecular complexity index is 1170. The van der Waals surface area contributed by atoms with Crippen molar-refractivity contribution in [2.24, 2.45) is 0 Å². The number of ether oxygens (including phenoxy) is 1. The van der Waals surface area contributed by atoms with Crippen molar-refractivity contribution in [3.8, 4) is 0 Å². The van der Waals surface area contributed by atoms with E-state index in [4.69, 9.17) is 9.15 Å². The van der Waals surface area contributed by atoms with Gasteiger partial charge in [0.1, 0.15) is 5.76 Å². The van der Waals surface area contributed by atoms with Gasteiger partial charge in [0.2, 0.25) is 15.9 Å². The van der Waals surface area contributed by atoms with Gasteiger partial charge in [0.15, 0.2) is 0 Å². The van der Waals surface area contributed by atoms with Crippen molar-refractivity contribution in [1.82, 2.24) is 9.62 Å². The maximum Gasteiger partial charge on any atom is 0.243 e. The number of furan rings is 1. The first-order valence-electron chi connectivity index (χ1n) is 10.8. The molecular formula is C24H27N3O5S. The average molecular weight is 470 g/mol. The van der Waals surface area contributed by atoms with Crippen LogP contribution in [0.15, 0.2) is 76.2 Å². The number of hydrogen-bond donors (Lipinski definition) is 2. The average Bonchev–Trinajstić information content (AvgIpc) is 3.36. The second-order valence-corrected chi connectivity index (χ2v) is 9.72. The van der Waals surface area contributed by atoms with Gasteiger partial charge in [-0.3, -0.25) is 10.1 Å². The lowest BCUT2D eigenvalue weighted by molar-refractivity contribution is -0.115. The molecule has 2 aromatic carbocycles. The largest absolute Gasteiger partial charge is 0.467 e. The van der Waals surface area contributed by atoms with Crippen LogP contribution in [-0.2, 0) is 19.6 Å². The third kappa shape index (κ3) is 5.51. The summed E-state index contributed by atoms with van der Waals surface area (Å²) < 4.78 is 38.2. The van der Waals surface area contributed by atoms with E-state index in [9.17, 15) is 13.2 Å². The van der Waals surface area contributed by atoms with Crippen LogP contribution in [0.4, 0.5) is 5.69 Å². The van der Waals surface area contributed by atoms with E-state index in [2.05, 4.69) is 10.6 Å². The van der Waals surface area contributed by atoms with E-state index in [1.165, 1.54) is 10.4 Å². The highest BCUT2D eigenvalue weighted by Gasteiger charge is 2.27. The molecule has 0 radical (unpaired) electrons. The van der Waals surface area contributed by atoms with E-state index < -0.39 is 10.0 Å². The number of carbonyl (C=O) groups excluding carboxylic acids is 1. The SMILES string of the molecule is Cc1ccc(S(=O)(=O)N2CCOCC2)cc1NC(=O)CN[C@@H](c1ccccc1)c1ccco1. The summed E-state index contributed by atoms with van der Waals surface area (Å²) in [5.74, 6) is 0.412. The Morgan fingerprint density at radius 3 is 2.52 bits per heavy atom. The summed E-state index contributed by atoms with van der Waals surface area (Å²) in [7, 11) is -3.65. The molecule has 0 spiro atoms. The Balaban J connectivity index is 1.46. The molecule has 1 amide bonds. The molecule has 2 heterocycles. The fourth-order valence-corrected chi connectivity index (χ4v) is 5.14. The Morgan fingerprint density at radius 1 is 1.06 bits per heavy atom. The van der Waals surface area contributed by atoms with Gasteiger partial charge in [-0.25, -0.2) is 8.42 Å². The topological polar surface area (TPSA) is 101 Å². The van der Waals surface area contributed by atoms with E-state index in [0.29, 0.717) is 37.8 Å². The molecular weight excluding hydrogens is 442 g/mol. The number of rotatable bonds is 8. The molecule has 4 rings (SSSR count). The first-order valence-corrected chi connectivity index (χ1v) is 12.2. The zero-order valence-corrected chi connectivity index (χ0v) is 19.2. The third-order valence-electron chi connectivity index (χ3n) is 5.52. The van der Waals surface area contributed by atoms with Crippen LogP contribution in [-0.4, -0.2) is 51.5 Å². The summed E-state index contributed by atoms with van der Waals surface area (Å²) >= 11 is 0. The minimum Gasteiger partial charge on any atom is -0.467 e. The van der Waals surface area contributed by atoms with Crippen molar-refractivity contribution in [1.29, 1.82) is 0 Å². The highest BCUT2D eigenvalue weighted by atomic mass is 32.2. The molecule has 1 saturated heterocycles. The number of aryl methyl sites for hydroxylation is 1. The standard InChI is InChI=1S/C24H27N3O5S/c1-18-9-10-20(33(29,30)27-11-14-31-15-12-27)16-21(18)26-23(28)17-25-24(22-8-5-13-32-22)19-6-3-2-4-7-19/h2-10,13,16,24-25H,11-12,14-15,17H2,1H3,(H,26,28)/t24-/m0/s1. The van der Waals surface area contributed by atoms with E-state index in [0.717, 1.165) is 11.1 Å². The van der Waals surface area contributed by atoms with Gasteiger partial charge >= 0.3 is 0 Å². The quantitative estimate of drug-likeness (QED) is 0.526.